The van der Waals surface area contributed by atoms with Gasteiger partial charge in [0.25, 0.3) is 6.43 Å². The number of pyridine rings is 1. The van der Waals surface area contributed by atoms with Gasteiger partial charge in [-0.2, -0.15) is 0 Å². The van der Waals surface area contributed by atoms with E-state index in [1.54, 1.807) is 22.6 Å². The zero-order chi connectivity index (χ0) is 10.0. The summed E-state index contributed by atoms with van der Waals surface area (Å²) in [5.74, 6) is -1.31. The SMILES string of the molecule is COc1cc(I)nc(C(F)F)c1F. The Bertz CT molecular complexity index is 319. The Labute approximate surface area is 86.3 Å². The maximum atomic E-state index is 13.0. The highest BCUT2D eigenvalue weighted by Gasteiger charge is 2.19. The van der Waals surface area contributed by atoms with Crippen molar-refractivity contribution in [1.82, 2.24) is 4.98 Å². The van der Waals surface area contributed by atoms with Gasteiger partial charge in [0.05, 0.1) is 7.11 Å². The second kappa shape index (κ2) is 4.12. The Kier molecular flexibility index (Phi) is 3.34. The number of halogens is 4. The van der Waals surface area contributed by atoms with E-state index in [1.807, 2.05) is 0 Å². The maximum absolute atomic E-state index is 13.0. The lowest BCUT2D eigenvalue weighted by Gasteiger charge is -2.06. The number of hydrogen-bond donors (Lipinski definition) is 0. The van der Waals surface area contributed by atoms with Crippen molar-refractivity contribution >= 4 is 22.6 Å². The standard InChI is InChI=1S/C7H5F3INO/c1-13-3-2-4(11)12-6(5(3)8)7(9)10/h2,7H,1H3. The van der Waals surface area contributed by atoms with Crippen LogP contribution in [0.3, 0.4) is 0 Å². The molecule has 0 aliphatic heterocycles. The number of hydrogen-bond acceptors (Lipinski definition) is 2. The van der Waals surface area contributed by atoms with Gasteiger partial charge in [-0.05, 0) is 22.6 Å². The smallest absolute Gasteiger partial charge is 0.283 e. The third-order valence-corrected chi connectivity index (χ3v) is 1.90. The van der Waals surface area contributed by atoms with Gasteiger partial charge in [-0.3, -0.25) is 0 Å². The Morgan fingerprint density at radius 2 is 2.15 bits per heavy atom. The lowest BCUT2D eigenvalue weighted by Crippen LogP contribution is -2.00. The molecule has 13 heavy (non-hydrogen) atoms. The highest BCUT2D eigenvalue weighted by atomic mass is 127. The van der Waals surface area contributed by atoms with Crippen LogP contribution in [0.25, 0.3) is 0 Å². The van der Waals surface area contributed by atoms with Gasteiger partial charge in [0.1, 0.15) is 9.39 Å². The Balaban J connectivity index is 3.27. The van der Waals surface area contributed by atoms with E-state index in [2.05, 4.69) is 9.72 Å². The second-order valence-corrected chi connectivity index (χ2v) is 3.25. The summed E-state index contributed by atoms with van der Waals surface area (Å²) >= 11 is 1.71. The van der Waals surface area contributed by atoms with Crippen molar-refractivity contribution in [1.29, 1.82) is 0 Å². The zero-order valence-corrected chi connectivity index (χ0v) is 8.68. The van der Waals surface area contributed by atoms with Crippen molar-refractivity contribution in [3.63, 3.8) is 0 Å². The average molecular weight is 303 g/mol. The molecule has 1 aromatic heterocycles. The third-order valence-electron chi connectivity index (χ3n) is 1.35. The number of rotatable bonds is 2. The van der Waals surface area contributed by atoms with Gasteiger partial charge >= 0.3 is 0 Å². The molecule has 0 unspecified atom stereocenters. The van der Waals surface area contributed by atoms with Gasteiger partial charge < -0.3 is 4.74 Å². The number of methoxy groups -OCH3 is 1. The minimum atomic E-state index is -2.93. The fourth-order valence-corrected chi connectivity index (χ4v) is 1.33. The normalized spacial score (nSPS) is 10.6. The average Bonchev–Trinajstić information content (AvgIpc) is 2.08. The first kappa shape index (κ1) is 10.6. The highest BCUT2D eigenvalue weighted by Crippen LogP contribution is 2.27. The van der Waals surface area contributed by atoms with Crippen molar-refractivity contribution in [2.75, 3.05) is 7.11 Å². The van der Waals surface area contributed by atoms with Gasteiger partial charge in [-0.25, -0.2) is 18.2 Å². The quantitative estimate of drug-likeness (QED) is 0.619. The molecular formula is C7H5F3INO. The summed E-state index contributed by atoms with van der Waals surface area (Å²) in [7, 11) is 1.21. The van der Waals surface area contributed by atoms with E-state index in [-0.39, 0.29) is 9.45 Å². The molecule has 0 aliphatic rings. The Morgan fingerprint density at radius 3 is 2.62 bits per heavy atom. The highest BCUT2D eigenvalue weighted by molar-refractivity contribution is 14.1. The van der Waals surface area contributed by atoms with Crippen molar-refractivity contribution in [3.05, 3.63) is 21.3 Å². The van der Waals surface area contributed by atoms with Crippen LogP contribution in [0.4, 0.5) is 13.2 Å². The van der Waals surface area contributed by atoms with Crippen LogP contribution in [-0.2, 0) is 0 Å². The molecule has 0 aliphatic carbocycles. The van der Waals surface area contributed by atoms with Crippen LogP contribution in [0.5, 0.6) is 5.75 Å². The van der Waals surface area contributed by atoms with Crippen LogP contribution in [0.2, 0.25) is 0 Å². The van der Waals surface area contributed by atoms with Crippen LogP contribution in [0.1, 0.15) is 12.1 Å². The first-order chi connectivity index (χ1) is 6.06. The molecule has 0 saturated carbocycles. The fraction of sp³-hybridized carbons (Fsp3) is 0.286. The molecule has 6 heteroatoms. The largest absolute Gasteiger partial charge is 0.494 e. The van der Waals surface area contributed by atoms with Gasteiger partial charge in [-0.1, -0.05) is 0 Å². The minimum absolute atomic E-state index is 0.213. The van der Waals surface area contributed by atoms with E-state index >= 15 is 0 Å². The molecule has 0 bridgehead atoms. The van der Waals surface area contributed by atoms with E-state index in [4.69, 9.17) is 0 Å². The summed E-state index contributed by atoms with van der Waals surface area (Å²) in [6.45, 7) is 0. The number of aromatic nitrogens is 1. The van der Waals surface area contributed by atoms with Crippen molar-refractivity contribution < 1.29 is 17.9 Å². The molecule has 0 aromatic carbocycles. The Hall–Kier alpha value is -0.530. The zero-order valence-electron chi connectivity index (χ0n) is 6.52. The third kappa shape index (κ3) is 2.23. The molecule has 0 fully saturated rings. The van der Waals surface area contributed by atoms with Crippen LogP contribution < -0.4 is 4.74 Å². The molecule has 1 rings (SSSR count). The summed E-state index contributed by atoms with van der Waals surface area (Å²) in [6.07, 6.45) is -2.93. The fourth-order valence-electron chi connectivity index (χ4n) is 0.787. The summed E-state index contributed by atoms with van der Waals surface area (Å²) in [4.78, 5) is 3.36. The minimum Gasteiger partial charge on any atom is -0.494 e. The predicted molar refractivity (Wildman–Crippen MR) is 48.4 cm³/mol. The molecule has 1 heterocycles. The summed E-state index contributed by atoms with van der Waals surface area (Å²) < 4.78 is 42.2. The van der Waals surface area contributed by atoms with Crippen molar-refractivity contribution in [2.45, 2.75) is 6.43 Å². The van der Waals surface area contributed by atoms with Gasteiger partial charge in [0.2, 0.25) is 0 Å². The molecule has 0 atom stereocenters. The first-order valence-corrected chi connectivity index (χ1v) is 4.32. The number of alkyl halides is 2. The molecule has 72 valence electrons. The molecule has 0 saturated heterocycles. The monoisotopic (exact) mass is 303 g/mol. The topological polar surface area (TPSA) is 22.1 Å². The summed E-state index contributed by atoms with van der Waals surface area (Å²) in [5.41, 5.74) is -0.872. The van der Waals surface area contributed by atoms with Crippen LogP contribution >= 0.6 is 22.6 Å². The molecule has 0 spiro atoms. The molecule has 0 amide bonds. The van der Waals surface area contributed by atoms with E-state index in [9.17, 15) is 13.2 Å². The number of ether oxygens (including phenoxy) is 1. The van der Waals surface area contributed by atoms with E-state index < -0.39 is 17.9 Å². The molecule has 0 N–H and O–H groups in total. The van der Waals surface area contributed by atoms with Crippen molar-refractivity contribution in [3.8, 4) is 5.75 Å². The lowest BCUT2D eigenvalue weighted by atomic mass is 10.3. The van der Waals surface area contributed by atoms with Crippen LogP contribution in [0.15, 0.2) is 6.07 Å². The molecular weight excluding hydrogens is 298 g/mol. The Morgan fingerprint density at radius 1 is 1.54 bits per heavy atom. The van der Waals surface area contributed by atoms with E-state index in [0.717, 1.165) is 0 Å². The van der Waals surface area contributed by atoms with Crippen LogP contribution in [0, 0.1) is 9.52 Å². The summed E-state index contributed by atoms with van der Waals surface area (Å²) in [5, 5.41) is 0. The first-order valence-electron chi connectivity index (χ1n) is 3.24. The van der Waals surface area contributed by atoms with Gasteiger partial charge in [-0.15, -0.1) is 0 Å². The molecule has 1 aromatic rings. The van der Waals surface area contributed by atoms with Crippen molar-refractivity contribution in [2.24, 2.45) is 0 Å². The summed E-state index contributed by atoms with van der Waals surface area (Å²) in [6, 6.07) is 1.25. The second-order valence-electron chi connectivity index (χ2n) is 2.15. The van der Waals surface area contributed by atoms with Gasteiger partial charge in [0, 0.05) is 6.07 Å². The lowest BCUT2D eigenvalue weighted by molar-refractivity contribution is 0.139. The number of nitrogens with zero attached hydrogens (tertiary/aromatic N) is 1. The van der Waals surface area contributed by atoms with E-state index in [1.165, 1.54) is 13.2 Å². The van der Waals surface area contributed by atoms with Crippen LogP contribution in [-0.4, -0.2) is 12.1 Å². The molecule has 2 nitrogen and oxygen atoms in total. The van der Waals surface area contributed by atoms with Gasteiger partial charge in [0.15, 0.2) is 11.6 Å². The van der Waals surface area contributed by atoms with E-state index in [0.29, 0.717) is 0 Å². The molecule has 0 radical (unpaired) electrons. The maximum Gasteiger partial charge on any atom is 0.283 e. The predicted octanol–water partition coefficient (Wildman–Crippen LogP) is 2.77.